The van der Waals surface area contributed by atoms with Gasteiger partial charge in [-0.2, -0.15) is 0 Å². The maximum absolute atomic E-state index is 12.9. The highest BCUT2D eigenvalue weighted by molar-refractivity contribution is 5.71. The molecule has 1 N–H and O–H groups in total. The first-order valence-electron chi connectivity index (χ1n) is 35.1. The Morgan fingerprint density at radius 3 is 1.04 bits per heavy atom. The Morgan fingerprint density at radius 2 is 0.687 bits per heavy atom. The predicted molar refractivity (Wildman–Crippen MR) is 355 cm³/mol. The smallest absolute Gasteiger partial charge is 0.361 e. The molecule has 0 heterocycles. The summed E-state index contributed by atoms with van der Waals surface area (Å²) in [6, 6.07) is 0. The normalized spacial score (nSPS) is 13.1. The van der Waals surface area contributed by atoms with Crippen molar-refractivity contribution in [3.8, 4) is 0 Å². The lowest BCUT2D eigenvalue weighted by Gasteiger charge is -2.25. The maximum atomic E-state index is 12.9. The Balaban J connectivity index is 4.08. The number of ether oxygens (including phenoxy) is 4. The van der Waals surface area contributed by atoms with E-state index in [0.29, 0.717) is 23.9 Å². The monoisotopic (exact) mass is 1170 g/mol. The van der Waals surface area contributed by atoms with Crippen LogP contribution in [-0.2, 0) is 33.3 Å². The van der Waals surface area contributed by atoms with Crippen molar-refractivity contribution in [2.24, 2.45) is 0 Å². The van der Waals surface area contributed by atoms with E-state index >= 15 is 0 Å². The van der Waals surface area contributed by atoms with E-state index in [1.54, 1.807) is 0 Å². The first kappa shape index (κ1) is 79.7. The molecule has 2 atom stereocenters. The number of carbonyl (C=O) groups excluding carboxylic acids is 2. The number of carboxylic acid groups (broad SMARTS) is 1. The molecule has 0 aromatic rings. The van der Waals surface area contributed by atoms with Gasteiger partial charge in [-0.05, 0) is 83.5 Å². The summed E-state index contributed by atoms with van der Waals surface area (Å²) in [6.07, 6.45) is 83.1. The van der Waals surface area contributed by atoms with Crippen LogP contribution in [0.3, 0.4) is 0 Å². The van der Waals surface area contributed by atoms with Crippen molar-refractivity contribution < 1.29 is 42.9 Å². The predicted octanol–water partition coefficient (Wildman–Crippen LogP) is 21.7. The van der Waals surface area contributed by atoms with E-state index in [2.05, 4.69) is 86.8 Å². The SMILES string of the molecule is CC/C=C\C/C=C\C/C=C\C/C=C\C/C=C\CCCCCCCCCCCC(=O)OC(COC(=O)CCCCCCCCCCCCCCCCCCCCCCC/C=C\CCCCCCCCCC)COC(OCC[N+](C)(C)C)C(=O)O. The molecule has 0 fully saturated rings. The van der Waals surface area contributed by atoms with E-state index in [0.717, 1.165) is 77.0 Å². The number of aliphatic carboxylic acids is 1. The molecule has 482 valence electrons. The van der Waals surface area contributed by atoms with Crippen molar-refractivity contribution in [1.29, 1.82) is 0 Å². The van der Waals surface area contributed by atoms with Crippen LogP contribution in [0.4, 0.5) is 0 Å². The number of hydrogen-bond donors (Lipinski definition) is 1. The minimum atomic E-state index is -1.51. The molecule has 9 heteroatoms. The van der Waals surface area contributed by atoms with Crippen LogP contribution in [0.2, 0.25) is 0 Å². The molecule has 2 unspecified atom stereocenters. The van der Waals surface area contributed by atoms with E-state index in [1.807, 2.05) is 21.1 Å². The number of hydrogen-bond acceptors (Lipinski definition) is 7. The Bertz CT molecular complexity index is 1590. The second kappa shape index (κ2) is 64.7. The minimum Gasteiger partial charge on any atom is -0.477 e. The van der Waals surface area contributed by atoms with Gasteiger partial charge in [0.15, 0.2) is 6.10 Å². The van der Waals surface area contributed by atoms with Crippen LogP contribution in [0, 0.1) is 0 Å². The van der Waals surface area contributed by atoms with E-state index in [4.69, 9.17) is 18.9 Å². The van der Waals surface area contributed by atoms with Crippen LogP contribution in [0.5, 0.6) is 0 Å². The molecule has 83 heavy (non-hydrogen) atoms. The van der Waals surface area contributed by atoms with Gasteiger partial charge < -0.3 is 28.5 Å². The van der Waals surface area contributed by atoms with Gasteiger partial charge in [-0.25, -0.2) is 4.79 Å². The fourth-order valence-corrected chi connectivity index (χ4v) is 10.1. The highest BCUT2D eigenvalue weighted by atomic mass is 16.7. The summed E-state index contributed by atoms with van der Waals surface area (Å²) in [5.41, 5.74) is 0. The quantitative estimate of drug-likeness (QED) is 0.0211. The third-order valence-corrected chi connectivity index (χ3v) is 15.4. The zero-order chi connectivity index (χ0) is 60.5. The van der Waals surface area contributed by atoms with Crippen LogP contribution < -0.4 is 0 Å². The number of carbonyl (C=O) groups is 3. The molecule has 0 aliphatic carbocycles. The second-order valence-electron chi connectivity index (χ2n) is 24.8. The molecular weight excluding hydrogens is 1030 g/mol. The summed E-state index contributed by atoms with van der Waals surface area (Å²) < 4.78 is 23.0. The lowest BCUT2D eigenvalue weighted by atomic mass is 10.0. The third kappa shape index (κ3) is 66.1. The number of carboxylic acids is 1. The maximum Gasteiger partial charge on any atom is 0.361 e. The first-order chi connectivity index (χ1) is 40.6. The molecule has 0 aromatic heterocycles. The summed E-state index contributed by atoms with van der Waals surface area (Å²) >= 11 is 0. The van der Waals surface area contributed by atoms with Gasteiger partial charge in [-0.15, -0.1) is 0 Å². The standard InChI is InChI=1S/C74H133NO8/c1-6-8-10-12-14-16-18-20-22-24-26-28-30-32-33-34-35-36-37-38-39-41-42-44-46-48-50-52-54-56-58-60-62-64-71(76)81-68-70(69-82-74(73(78)79)80-67-66-75(3,4)5)83-72(77)65-63-61-59-57-55-53-51-49-47-45-43-40-31-29-27-25-23-21-19-17-15-13-11-9-7-2/h9,11,15,17,21,23-24,26-27,29,40,43,70,74H,6-8,10,12-14,16,18-20,22,25,28,30-39,41-42,44-69H2,1-5H3/p+1/b11-9-,17-15-,23-21-,26-24-,29-27-,43-40-. The van der Waals surface area contributed by atoms with Gasteiger partial charge in [0.25, 0.3) is 6.29 Å². The lowest BCUT2D eigenvalue weighted by Crippen LogP contribution is -2.40. The summed E-state index contributed by atoms with van der Waals surface area (Å²) in [5, 5.41) is 9.74. The van der Waals surface area contributed by atoms with Gasteiger partial charge in [-0.1, -0.05) is 299 Å². The van der Waals surface area contributed by atoms with Crippen molar-refractivity contribution in [3.63, 3.8) is 0 Å². The van der Waals surface area contributed by atoms with Crippen molar-refractivity contribution >= 4 is 17.9 Å². The molecule has 0 aromatic carbocycles. The second-order valence-corrected chi connectivity index (χ2v) is 24.8. The summed E-state index contributed by atoms with van der Waals surface area (Å²) in [7, 11) is 5.98. The molecule has 0 radical (unpaired) electrons. The van der Waals surface area contributed by atoms with E-state index in [1.165, 1.54) is 212 Å². The summed E-state index contributed by atoms with van der Waals surface area (Å²) in [4.78, 5) is 37.6. The number of quaternary nitrogens is 1. The molecule has 0 amide bonds. The van der Waals surface area contributed by atoms with Crippen LogP contribution in [0.25, 0.3) is 0 Å². The zero-order valence-corrected chi connectivity index (χ0v) is 55.1. The number of esters is 2. The summed E-state index contributed by atoms with van der Waals surface area (Å²) in [6.45, 7) is 4.80. The highest BCUT2D eigenvalue weighted by Crippen LogP contribution is 2.18. The Morgan fingerprint density at radius 1 is 0.373 bits per heavy atom. The molecule has 9 nitrogen and oxygen atoms in total. The van der Waals surface area contributed by atoms with E-state index in [-0.39, 0.29) is 32.2 Å². The number of likely N-dealkylation sites (N-methyl/N-ethyl adjacent to an activating group) is 1. The summed E-state index contributed by atoms with van der Waals surface area (Å²) in [5.74, 6) is -2.00. The topological polar surface area (TPSA) is 108 Å². The Kier molecular flexibility index (Phi) is 62.2. The Hall–Kier alpha value is -3.27. The number of allylic oxidation sites excluding steroid dienone is 12. The molecule has 0 spiro atoms. The van der Waals surface area contributed by atoms with Crippen LogP contribution in [0.15, 0.2) is 72.9 Å². The minimum absolute atomic E-state index is 0.184. The molecule has 0 aliphatic heterocycles. The molecular formula is C74H134NO8+. The average molecular weight is 1170 g/mol. The van der Waals surface area contributed by atoms with E-state index < -0.39 is 24.3 Å². The van der Waals surface area contributed by atoms with Crippen molar-refractivity contribution in [1.82, 2.24) is 0 Å². The first-order valence-corrected chi connectivity index (χ1v) is 35.1. The molecule has 0 saturated carbocycles. The third-order valence-electron chi connectivity index (χ3n) is 15.4. The van der Waals surface area contributed by atoms with Gasteiger partial charge in [-0.3, -0.25) is 9.59 Å². The van der Waals surface area contributed by atoms with Gasteiger partial charge >= 0.3 is 17.9 Å². The van der Waals surface area contributed by atoms with Gasteiger partial charge in [0.05, 0.1) is 34.4 Å². The average Bonchev–Trinajstić information content (AvgIpc) is 3.46. The molecule has 0 bridgehead atoms. The fraction of sp³-hybridized carbons (Fsp3) is 0.797. The largest absolute Gasteiger partial charge is 0.477 e. The number of unbranched alkanes of at least 4 members (excludes halogenated alkanes) is 38. The number of nitrogens with zero attached hydrogens (tertiary/aromatic N) is 1. The van der Waals surface area contributed by atoms with Crippen molar-refractivity contribution in [2.45, 2.75) is 334 Å². The van der Waals surface area contributed by atoms with Crippen molar-refractivity contribution in [2.75, 3.05) is 47.5 Å². The van der Waals surface area contributed by atoms with Gasteiger partial charge in [0.1, 0.15) is 13.2 Å². The molecule has 0 rings (SSSR count). The van der Waals surface area contributed by atoms with Crippen molar-refractivity contribution in [3.05, 3.63) is 72.9 Å². The van der Waals surface area contributed by atoms with E-state index in [9.17, 15) is 19.5 Å². The Labute approximate surface area is 513 Å². The van der Waals surface area contributed by atoms with Gasteiger partial charge in [0.2, 0.25) is 0 Å². The number of rotatable bonds is 65. The lowest BCUT2D eigenvalue weighted by molar-refractivity contribution is -0.870. The highest BCUT2D eigenvalue weighted by Gasteiger charge is 2.25. The molecule has 0 aliphatic rings. The van der Waals surface area contributed by atoms with Crippen LogP contribution in [-0.4, -0.2) is 87.4 Å². The fourth-order valence-electron chi connectivity index (χ4n) is 10.1. The zero-order valence-electron chi connectivity index (χ0n) is 55.1. The van der Waals surface area contributed by atoms with Gasteiger partial charge in [0, 0.05) is 12.8 Å². The van der Waals surface area contributed by atoms with Crippen LogP contribution in [0.1, 0.15) is 322 Å². The molecule has 0 saturated heterocycles. The van der Waals surface area contributed by atoms with Crippen LogP contribution >= 0.6 is 0 Å².